The third kappa shape index (κ3) is 5.20. The first-order chi connectivity index (χ1) is 13.0. The van der Waals surface area contributed by atoms with Crippen molar-refractivity contribution in [2.45, 2.75) is 19.9 Å². The third-order valence-electron chi connectivity index (χ3n) is 5.09. The number of piperazine rings is 1. The zero-order valence-corrected chi connectivity index (χ0v) is 16.0. The van der Waals surface area contributed by atoms with Crippen molar-refractivity contribution >= 4 is 23.0 Å². The number of rotatable bonds is 6. The van der Waals surface area contributed by atoms with Gasteiger partial charge in [-0.25, -0.2) is 4.39 Å². The van der Waals surface area contributed by atoms with E-state index in [-0.39, 0.29) is 11.7 Å². The van der Waals surface area contributed by atoms with E-state index in [1.165, 1.54) is 37.5 Å². The van der Waals surface area contributed by atoms with Gasteiger partial charge in [0, 0.05) is 17.1 Å². The van der Waals surface area contributed by atoms with Crippen LogP contribution >= 0.6 is 0 Å². The van der Waals surface area contributed by atoms with E-state index >= 15 is 0 Å². The number of halogens is 1. The fourth-order valence-electron chi connectivity index (χ4n) is 3.30. The van der Waals surface area contributed by atoms with Gasteiger partial charge in [-0.05, 0) is 62.4 Å². The number of benzene rings is 2. The summed E-state index contributed by atoms with van der Waals surface area (Å²) in [4.78, 5) is 16.4. The second kappa shape index (κ2) is 8.86. The molecule has 0 aromatic heterocycles. The van der Waals surface area contributed by atoms with Gasteiger partial charge in [-0.1, -0.05) is 0 Å². The van der Waals surface area contributed by atoms with Crippen molar-refractivity contribution in [3.8, 4) is 0 Å². The smallest absolute Gasteiger partial charge is 0.246 e. The number of nitrogens with one attached hydrogen (secondary N) is 3. The summed E-state index contributed by atoms with van der Waals surface area (Å²) in [5, 5.41) is 5.99. The van der Waals surface area contributed by atoms with Crippen molar-refractivity contribution in [1.82, 2.24) is 0 Å². The molecular formula is C21H28FN4O+. The lowest BCUT2D eigenvalue weighted by Gasteiger charge is -2.33. The van der Waals surface area contributed by atoms with E-state index in [9.17, 15) is 9.18 Å². The van der Waals surface area contributed by atoms with Crippen LogP contribution in [0.2, 0.25) is 0 Å². The molecule has 3 rings (SSSR count). The number of anilines is 3. The molecule has 27 heavy (non-hydrogen) atoms. The first kappa shape index (κ1) is 19.2. The third-order valence-corrected chi connectivity index (χ3v) is 5.09. The highest BCUT2D eigenvalue weighted by Crippen LogP contribution is 2.19. The van der Waals surface area contributed by atoms with Gasteiger partial charge >= 0.3 is 0 Å². The van der Waals surface area contributed by atoms with E-state index in [1.807, 2.05) is 12.1 Å². The Morgan fingerprint density at radius 1 is 1.07 bits per heavy atom. The lowest BCUT2D eigenvalue weighted by Crippen LogP contribution is -3.14. The summed E-state index contributed by atoms with van der Waals surface area (Å²) in [6.45, 7) is 9.74. The van der Waals surface area contributed by atoms with E-state index in [0.29, 0.717) is 5.69 Å². The molecule has 1 aliphatic rings. The monoisotopic (exact) mass is 371 g/mol. The number of carbonyl (C=O) groups is 1. The first-order valence-electron chi connectivity index (χ1n) is 9.56. The van der Waals surface area contributed by atoms with Gasteiger partial charge in [-0.15, -0.1) is 0 Å². The Balaban J connectivity index is 1.52. The Morgan fingerprint density at radius 2 is 1.67 bits per heavy atom. The van der Waals surface area contributed by atoms with E-state index < -0.39 is 6.04 Å². The van der Waals surface area contributed by atoms with Crippen LogP contribution < -0.4 is 20.4 Å². The molecule has 144 valence electrons. The molecule has 2 aromatic rings. The average Bonchev–Trinajstić information content (AvgIpc) is 2.70. The highest BCUT2D eigenvalue weighted by Gasteiger charge is 2.19. The van der Waals surface area contributed by atoms with Crippen LogP contribution in [0.3, 0.4) is 0 Å². The minimum absolute atomic E-state index is 0.163. The maximum Gasteiger partial charge on any atom is 0.246 e. The normalized spacial score (nSPS) is 16.0. The largest absolute Gasteiger partial charge is 0.374 e. The fraction of sp³-hybridized carbons (Fsp3) is 0.381. The number of hydrogen-bond acceptors (Lipinski definition) is 3. The molecule has 0 saturated carbocycles. The topological polar surface area (TPSA) is 48.8 Å². The quantitative estimate of drug-likeness (QED) is 0.728. The molecule has 1 heterocycles. The molecule has 0 spiro atoms. The predicted octanol–water partition coefficient (Wildman–Crippen LogP) is 1.99. The Kier molecular flexibility index (Phi) is 6.29. The van der Waals surface area contributed by atoms with Crippen molar-refractivity contribution in [2.24, 2.45) is 0 Å². The number of amides is 1. The van der Waals surface area contributed by atoms with E-state index in [0.717, 1.165) is 18.8 Å². The minimum Gasteiger partial charge on any atom is -0.374 e. The van der Waals surface area contributed by atoms with Gasteiger partial charge in [0.25, 0.3) is 0 Å². The summed E-state index contributed by atoms with van der Waals surface area (Å²) < 4.78 is 12.9. The SMILES string of the molecule is CC[NH+]1CCN(c2ccc(N[C@@H](C)C(=O)Nc3ccc(F)cc3)cc2)CC1. The summed E-state index contributed by atoms with van der Waals surface area (Å²) in [6, 6.07) is 13.6. The molecule has 0 unspecified atom stereocenters. The molecule has 0 aliphatic carbocycles. The number of likely N-dealkylation sites (N-methyl/N-ethyl adjacent to an activating group) is 1. The van der Waals surface area contributed by atoms with E-state index in [2.05, 4.69) is 34.6 Å². The van der Waals surface area contributed by atoms with Crippen molar-refractivity contribution < 1.29 is 14.1 Å². The number of hydrogen-bond donors (Lipinski definition) is 3. The molecule has 5 nitrogen and oxygen atoms in total. The van der Waals surface area contributed by atoms with Crippen molar-refractivity contribution in [3.63, 3.8) is 0 Å². The Labute approximate surface area is 160 Å². The zero-order chi connectivity index (χ0) is 19.2. The van der Waals surface area contributed by atoms with Gasteiger partial charge < -0.3 is 20.4 Å². The molecule has 0 radical (unpaired) electrons. The molecule has 1 atom stereocenters. The Hall–Kier alpha value is -2.60. The lowest BCUT2D eigenvalue weighted by molar-refractivity contribution is -0.898. The van der Waals surface area contributed by atoms with Gasteiger partial charge in [0.2, 0.25) is 5.91 Å². The fourth-order valence-corrected chi connectivity index (χ4v) is 3.30. The molecule has 0 bridgehead atoms. The summed E-state index contributed by atoms with van der Waals surface area (Å²) in [5.74, 6) is -0.485. The molecule has 1 saturated heterocycles. The highest BCUT2D eigenvalue weighted by molar-refractivity contribution is 5.96. The maximum absolute atomic E-state index is 12.9. The molecule has 6 heteroatoms. The van der Waals surface area contributed by atoms with Crippen LogP contribution in [-0.2, 0) is 4.79 Å². The van der Waals surface area contributed by atoms with Crippen LogP contribution in [0.5, 0.6) is 0 Å². The van der Waals surface area contributed by atoms with Gasteiger partial charge in [0.1, 0.15) is 11.9 Å². The van der Waals surface area contributed by atoms with Crippen LogP contribution in [0.15, 0.2) is 48.5 Å². The second-order valence-electron chi connectivity index (χ2n) is 7.00. The highest BCUT2D eigenvalue weighted by atomic mass is 19.1. The van der Waals surface area contributed by atoms with E-state index in [4.69, 9.17) is 0 Å². The minimum atomic E-state index is -0.405. The summed E-state index contributed by atoms with van der Waals surface area (Å²) >= 11 is 0. The van der Waals surface area contributed by atoms with Crippen LogP contribution in [0.4, 0.5) is 21.5 Å². The summed E-state index contributed by atoms with van der Waals surface area (Å²) in [6.07, 6.45) is 0. The van der Waals surface area contributed by atoms with Crippen LogP contribution in [0.1, 0.15) is 13.8 Å². The van der Waals surface area contributed by atoms with Crippen molar-refractivity contribution in [2.75, 3.05) is 48.3 Å². The van der Waals surface area contributed by atoms with Crippen LogP contribution in [0, 0.1) is 5.82 Å². The standard InChI is InChI=1S/C21H27FN4O/c1-3-25-12-14-26(15-13-25)20-10-8-18(9-11-20)23-16(2)21(27)24-19-6-4-17(22)5-7-19/h4-11,16,23H,3,12-15H2,1-2H3,(H,24,27)/p+1/t16-/m0/s1. The molecule has 3 N–H and O–H groups in total. The molecule has 2 aromatic carbocycles. The molecule has 1 aliphatic heterocycles. The summed E-state index contributed by atoms with van der Waals surface area (Å²) in [7, 11) is 0. The number of quaternary nitrogens is 1. The molecular weight excluding hydrogens is 343 g/mol. The lowest BCUT2D eigenvalue weighted by atomic mass is 10.2. The average molecular weight is 371 g/mol. The zero-order valence-electron chi connectivity index (χ0n) is 16.0. The van der Waals surface area contributed by atoms with Crippen LogP contribution in [0.25, 0.3) is 0 Å². The predicted molar refractivity (Wildman–Crippen MR) is 108 cm³/mol. The first-order valence-corrected chi connectivity index (χ1v) is 9.56. The number of carbonyl (C=O) groups excluding carboxylic acids is 1. The van der Waals surface area contributed by atoms with Gasteiger partial charge in [-0.3, -0.25) is 4.79 Å². The van der Waals surface area contributed by atoms with Gasteiger partial charge in [0.15, 0.2) is 0 Å². The van der Waals surface area contributed by atoms with E-state index in [1.54, 1.807) is 24.0 Å². The van der Waals surface area contributed by atoms with Crippen LogP contribution in [-0.4, -0.2) is 44.7 Å². The summed E-state index contributed by atoms with van der Waals surface area (Å²) in [5.41, 5.74) is 2.70. The number of nitrogens with zero attached hydrogens (tertiary/aromatic N) is 1. The Bertz CT molecular complexity index is 740. The molecule has 1 amide bonds. The molecule has 1 fully saturated rings. The van der Waals surface area contributed by atoms with Gasteiger partial charge in [0.05, 0.1) is 32.7 Å². The van der Waals surface area contributed by atoms with Gasteiger partial charge in [-0.2, -0.15) is 0 Å². The van der Waals surface area contributed by atoms with Crippen molar-refractivity contribution in [3.05, 3.63) is 54.3 Å². The second-order valence-corrected chi connectivity index (χ2v) is 7.00. The van der Waals surface area contributed by atoms with Crippen molar-refractivity contribution in [1.29, 1.82) is 0 Å². The maximum atomic E-state index is 12.9. The Morgan fingerprint density at radius 3 is 2.26 bits per heavy atom.